The van der Waals surface area contributed by atoms with Crippen molar-refractivity contribution < 1.29 is 9.53 Å². The number of aliphatic imine (C=N–C) groups is 1. The predicted molar refractivity (Wildman–Crippen MR) is 97.0 cm³/mol. The number of hydrogen-bond acceptors (Lipinski definition) is 3. The molecule has 24 heavy (non-hydrogen) atoms. The Labute approximate surface area is 146 Å². The first-order valence-corrected chi connectivity index (χ1v) is 9.60. The van der Waals surface area contributed by atoms with Gasteiger partial charge in [0.25, 0.3) is 0 Å². The second-order valence-electron chi connectivity index (χ2n) is 7.13. The molecule has 1 aliphatic carbocycles. The molecule has 1 heterocycles. The summed E-state index contributed by atoms with van der Waals surface area (Å²) in [5, 5.41) is 3.32. The number of nitrogens with one attached hydrogen (secondary N) is 1. The molecule has 0 radical (unpaired) electrons. The molecule has 2 aliphatic rings. The van der Waals surface area contributed by atoms with Crippen LogP contribution < -0.4 is 11.1 Å². The lowest BCUT2D eigenvalue weighted by molar-refractivity contribution is 0.0963. The number of amides is 1. The van der Waals surface area contributed by atoms with Crippen LogP contribution in [-0.2, 0) is 4.74 Å². The van der Waals surface area contributed by atoms with Crippen molar-refractivity contribution in [3.8, 4) is 0 Å². The molecule has 6 nitrogen and oxygen atoms in total. The molecule has 0 aromatic rings. The van der Waals surface area contributed by atoms with E-state index in [2.05, 4.69) is 17.2 Å². The molecule has 2 rings (SSSR count). The summed E-state index contributed by atoms with van der Waals surface area (Å²) in [6.07, 6.45) is 8.13. The molecule has 1 saturated heterocycles. The fourth-order valence-electron chi connectivity index (χ4n) is 3.73. The highest BCUT2D eigenvalue weighted by Crippen LogP contribution is 2.30. The Morgan fingerprint density at radius 2 is 1.75 bits per heavy atom. The van der Waals surface area contributed by atoms with Crippen molar-refractivity contribution >= 4 is 12.1 Å². The van der Waals surface area contributed by atoms with Crippen LogP contribution in [0.3, 0.4) is 0 Å². The van der Waals surface area contributed by atoms with Crippen LogP contribution in [-0.4, -0.2) is 49.2 Å². The molecule has 0 unspecified atom stereocenters. The molecule has 0 bridgehead atoms. The number of nitrogens with two attached hydrogens (primary N) is 1. The summed E-state index contributed by atoms with van der Waals surface area (Å²) in [5.41, 5.74) is 6.05. The maximum absolute atomic E-state index is 11.7. The minimum atomic E-state index is -0.208. The zero-order chi connectivity index (χ0) is 17.4. The molecule has 1 amide bonds. The van der Waals surface area contributed by atoms with Gasteiger partial charge in [-0.1, -0.05) is 26.2 Å². The van der Waals surface area contributed by atoms with Crippen LogP contribution in [0.5, 0.6) is 0 Å². The topological polar surface area (TPSA) is 80.0 Å². The fourth-order valence-corrected chi connectivity index (χ4v) is 3.73. The second-order valence-corrected chi connectivity index (χ2v) is 7.13. The van der Waals surface area contributed by atoms with E-state index in [0.717, 1.165) is 25.3 Å². The number of piperidine rings is 1. The van der Waals surface area contributed by atoms with Gasteiger partial charge in [0.1, 0.15) is 0 Å². The summed E-state index contributed by atoms with van der Waals surface area (Å²) >= 11 is 0. The van der Waals surface area contributed by atoms with E-state index in [0.29, 0.717) is 37.6 Å². The first-order valence-electron chi connectivity index (χ1n) is 9.60. The zero-order valence-corrected chi connectivity index (χ0v) is 15.3. The van der Waals surface area contributed by atoms with Gasteiger partial charge in [-0.15, -0.1) is 0 Å². The minimum Gasteiger partial charge on any atom is -0.450 e. The van der Waals surface area contributed by atoms with Gasteiger partial charge in [0, 0.05) is 25.7 Å². The maximum Gasteiger partial charge on any atom is 0.409 e. The van der Waals surface area contributed by atoms with Crippen LogP contribution in [0.2, 0.25) is 0 Å². The molecule has 0 atom stereocenters. The number of nitrogens with zero attached hydrogens (tertiary/aromatic N) is 2. The first kappa shape index (κ1) is 18.9. The summed E-state index contributed by atoms with van der Waals surface area (Å²) in [5.74, 6) is 2.17. The number of guanidine groups is 1. The number of hydrogen-bond donors (Lipinski definition) is 2. The van der Waals surface area contributed by atoms with Crippen molar-refractivity contribution in [3.05, 3.63) is 0 Å². The molecule has 0 aromatic carbocycles. The predicted octanol–water partition coefficient (Wildman–Crippen LogP) is 2.73. The van der Waals surface area contributed by atoms with E-state index in [-0.39, 0.29) is 6.09 Å². The van der Waals surface area contributed by atoms with Crippen molar-refractivity contribution in [1.82, 2.24) is 10.2 Å². The van der Waals surface area contributed by atoms with Gasteiger partial charge in [0.2, 0.25) is 0 Å². The number of carbonyl (C=O) groups excluding carboxylic acids is 1. The summed E-state index contributed by atoms with van der Waals surface area (Å²) in [6.45, 7) is 6.82. The normalized spacial score (nSPS) is 26.2. The maximum atomic E-state index is 11.7. The number of rotatable bonds is 5. The highest BCUT2D eigenvalue weighted by atomic mass is 16.6. The van der Waals surface area contributed by atoms with E-state index in [1.54, 1.807) is 4.90 Å². The number of carbonyl (C=O) groups is 1. The molecule has 0 aromatic heterocycles. The van der Waals surface area contributed by atoms with E-state index < -0.39 is 0 Å². The van der Waals surface area contributed by atoms with Crippen molar-refractivity contribution in [2.75, 3.05) is 26.2 Å². The highest BCUT2D eigenvalue weighted by Gasteiger charge is 2.24. The highest BCUT2D eigenvalue weighted by molar-refractivity contribution is 5.78. The van der Waals surface area contributed by atoms with E-state index in [1.807, 2.05) is 6.92 Å². The molecular weight excluding hydrogens is 304 g/mol. The fraction of sp³-hybridized carbons (Fsp3) is 0.889. The van der Waals surface area contributed by atoms with Gasteiger partial charge in [-0.05, 0) is 44.4 Å². The lowest BCUT2D eigenvalue weighted by atomic mass is 9.81. The molecule has 0 spiro atoms. The van der Waals surface area contributed by atoms with E-state index in [1.165, 1.54) is 32.1 Å². The Morgan fingerprint density at radius 3 is 2.33 bits per heavy atom. The van der Waals surface area contributed by atoms with Crippen molar-refractivity contribution in [2.45, 2.75) is 64.8 Å². The summed E-state index contributed by atoms with van der Waals surface area (Å²) in [4.78, 5) is 18.0. The molecule has 2 fully saturated rings. The van der Waals surface area contributed by atoms with Crippen LogP contribution in [0.1, 0.15) is 58.8 Å². The van der Waals surface area contributed by atoms with Crippen LogP contribution in [0.4, 0.5) is 4.79 Å². The lowest BCUT2D eigenvalue weighted by Crippen LogP contribution is -2.48. The zero-order valence-electron chi connectivity index (χ0n) is 15.3. The van der Waals surface area contributed by atoms with Crippen molar-refractivity contribution in [1.29, 1.82) is 0 Å². The van der Waals surface area contributed by atoms with Crippen LogP contribution in [0.25, 0.3) is 0 Å². The molecular formula is C18H34N4O2. The smallest absolute Gasteiger partial charge is 0.409 e. The van der Waals surface area contributed by atoms with Crippen molar-refractivity contribution in [2.24, 2.45) is 22.6 Å². The van der Waals surface area contributed by atoms with E-state index in [9.17, 15) is 4.79 Å². The Kier molecular flexibility index (Phi) is 7.66. The molecule has 1 aliphatic heterocycles. The SMILES string of the molecule is CCOC(=O)N1CCC(NC(N)=NCC2CCC(CC)CC2)CC1. The van der Waals surface area contributed by atoms with E-state index >= 15 is 0 Å². The average molecular weight is 338 g/mol. The third kappa shape index (κ3) is 5.87. The molecule has 1 saturated carbocycles. The Hall–Kier alpha value is -1.46. The Balaban J connectivity index is 1.66. The Morgan fingerprint density at radius 1 is 1.12 bits per heavy atom. The van der Waals surface area contributed by atoms with Crippen LogP contribution in [0.15, 0.2) is 4.99 Å². The molecule has 138 valence electrons. The van der Waals surface area contributed by atoms with Crippen molar-refractivity contribution in [3.63, 3.8) is 0 Å². The van der Waals surface area contributed by atoms with Gasteiger partial charge in [-0.25, -0.2) is 4.79 Å². The summed E-state index contributed by atoms with van der Waals surface area (Å²) in [7, 11) is 0. The molecule has 3 N–H and O–H groups in total. The number of ether oxygens (including phenoxy) is 1. The van der Waals surface area contributed by atoms with Crippen LogP contribution in [0, 0.1) is 11.8 Å². The minimum absolute atomic E-state index is 0.208. The van der Waals surface area contributed by atoms with E-state index in [4.69, 9.17) is 10.5 Å². The average Bonchev–Trinajstić information content (AvgIpc) is 2.61. The summed E-state index contributed by atoms with van der Waals surface area (Å²) < 4.78 is 5.04. The van der Waals surface area contributed by atoms with Gasteiger partial charge in [-0.3, -0.25) is 4.99 Å². The van der Waals surface area contributed by atoms with Gasteiger partial charge in [0.15, 0.2) is 5.96 Å². The summed E-state index contributed by atoms with van der Waals surface area (Å²) in [6, 6.07) is 0.301. The molecule has 6 heteroatoms. The standard InChI is InChI=1S/C18H34N4O2/c1-3-14-5-7-15(8-6-14)13-20-17(19)21-16-9-11-22(12-10-16)18(23)24-4-2/h14-16H,3-13H2,1-2H3,(H3,19,20,21). The lowest BCUT2D eigenvalue weighted by Gasteiger charge is -2.32. The second kappa shape index (κ2) is 9.74. The Bertz CT molecular complexity index is 411. The monoisotopic (exact) mass is 338 g/mol. The van der Waals surface area contributed by atoms with Gasteiger partial charge < -0.3 is 20.7 Å². The first-order chi connectivity index (χ1) is 11.6. The van der Waals surface area contributed by atoms with Crippen LogP contribution >= 0.6 is 0 Å². The number of likely N-dealkylation sites (tertiary alicyclic amines) is 1. The largest absolute Gasteiger partial charge is 0.450 e. The quantitative estimate of drug-likeness (QED) is 0.597. The van der Waals surface area contributed by atoms with Gasteiger partial charge in [-0.2, -0.15) is 0 Å². The third-order valence-electron chi connectivity index (χ3n) is 5.44. The third-order valence-corrected chi connectivity index (χ3v) is 5.44. The van der Waals surface area contributed by atoms with Gasteiger partial charge >= 0.3 is 6.09 Å². The van der Waals surface area contributed by atoms with Gasteiger partial charge in [0.05, 0.1) is 6.61 Å².